The Hall–Kier alpha value is -3.52. The Bertz CT molecular complexity index is 1190. The summed E-state index contributed by atoms with van der Waals surface area (Å²) in [5.74, 6) is 2.15. The second-order valence-electron chi connectivity index (χ2n) is 7.27. The van der Waals surface area contributed by atoms with E-state index in [1.54, 1.807) is 19.4 Å². The fourth-order valence-electron chi connectivity index (χ4n) is 3.32. The first-order valence-corrected chi connectivity index (χ1v) is 11.2. The number of hydrogen-bond donors (Lipinski definition) is 1. The molecule has 0 aliphatic carbocycles. The third kappa shape index (κ3) is 4.70. The van der Waals surface area contributed by atoms with Crippen molar-refractivity contribution in [3.63, 3.8) is 0 Å². The number of hydrogen-bond acceptors (Lipinski definition) is 6. The molecule has 1 amide bonds. The van der Waals surface area contributed by atoms with Crippen molar-refractivity contribution >= 4 is 17.7 Å². The molecule has 1 atom stereocenters. The van der Waals surface area contributed by atoms with Crippen LogP contribution in [0.5, 0.6) is 5.75 Å². The van der Waals surface area contributed by atoms with Crippen molar-refractivity contribution in [3.8, 4) is 22.8 Å². The molecule has 1 N–H and O–H groups in total. The van der Waals surface area contributed by atoms with Crippen LogP contribution in [0.1, 0.15) is 24.3 Å². The number of carbonyl (C=O) groups is 1. The van der Waals surface area contributed by atoms with E-state index in [-0.39, 0.29) is 17.7 Å². The van der Waals surface area contributed by atoms with Gasteiger partial charge in [-0.3, -0.25) is 9.36 Å². The Balaban J connectivity index is 1.61. The number of furan rings is 1. The molecule has 0 aliphatic rings. The van der Waals surface area contributed by atoms with Gasteiger partial charge < -0.3 is 14.5 Å². The van der Waals surface area contributed by atoms with Crippen LogP contribution in [0.4, 0.5) is 0 Å². The van der Waals surface area contributed by atoms with Gasteiger partial charge >= 0.3 is 0 Å². The topological polar surface area (TPSA) is 82.2 Å². The van der Waals surface area contributed by atoms with Crippen LogP contribution in [0.3, 0.4) is 0 Å². The quantitative estimate of drug-likeness (QED) is 0.390. The molecule has 4 rings (SSSR count). The van der Waals surface area contributed by atoms with Gasteiger partial charge in [0, 0.05) is 5.69 Å². The number of nitrogens with one attached hydrogen (secondary N) is 1. The molecule has 164 valence electrons. The first kappa shape index (κ1) is 21.7. The molecule has 2 aromatic heterocycles. The fourth-order valence-corrected chi connectivity index (χ4v) is 4.08. The summed E-state index contributed by atoms with van der Waals surface area (Å²) < 4.78 is 12.8. The number of aryl methyl sites for hydroxylation is 1. The van der Waals surface area contributed by atoms with Crippen LogP contribution < -0.4 is 10.1 Å². The van der Waals surface area contributed by atoms with Gasteiger partial charge in [0.1, 0.15) is 11.5 Å². The van der Waals surface area contributed by atoms with E-state index in [4.69, 9.17) is 9.15 Å². The average Bonchev–Trinajstić information content (AvgIpc) is 3.49. The Labute approximate surface area is 190 Å². The summed E-state index contributed by atoms with van der Waals surface area (Å²) in [6, 6.07) is 19.2. The zero-order chi connectivity index (χ0) is 22.5. The maximum absolute atomic E-state index is 12.5. The van der Waals surface area contributed by atoms with Gasteiger partial charge in [0.25, 0.3) is 0 Å². The molecule has 2 aromatic carbocycles. The lowest BCUT2D eigenvalue weighted by Crippen LogP contribution is -2.28. The van der Waals surface area contributed by atoms with Crippen LogP contribution in [0.25, 0.3) is 17.1 Å². The number of nitrogens with zero attached hydrogens (tertiary/aromatic N) is 3. The predicted octanol–water partition coefficient (Wildman–Crippen LogP) is 4.81. The van der Waals surface area contributed by atoms with E-state index < -0.39 is 0 Å². The van der Waals surface area contributed by atoms with Gasteiger partial charge in [-0.1, -0.05) is 41.6 Å². The molecule has 0 spiro atoms. The minimum atomic E-state index is -0.211. The standard InChI is InChI=1S/C24H24N4O3S/c1-16-10-12-18(13-11-16)28-23(19-7-4-5-8-21(19)30-3)26-27-24(28)32-15-22(29)25-17(2)20-9-6-14-31-20/h4-14,17H,15H2,1-3H3,(H,25,29). The third-order valence-electron chi connectivity index (χ3n) is 4.95. The Morgan fingerprint density at radius 1 is 1.12 bits per heavy atom. The summed E-state index contributed by atoms with van der Waals surface area (Å²) >= 11 is 1.33. The maximum atomic E-state index is 12.5. The molecule has 1 unspecified atom stereocenters. The van der Waals surface area contributed by atoms with E-state index in [2.05, 4.69) is 15.5 Å². The van der Waals surface area contributed by atoms with Gasteiger partial charge in [0.15, 0.2) is 11.0 Å². The van der Waals surface area contributed by atoms with Crippen molar-refractivity contribution < 1.29 is 13.9 Å². The van der Waals surface area contributed by atoms with Gasteiger partial charge in [-0.05, 0) is 50.2 Å². The van der Waals surface area contributed by atoms with E-state index in [9.17, 15) is 4.79 Å². The third-order valence-corrected chi connectivity index (χ3v) is 5.88. The van der Waals surface area contributed by atoms with Gasteiger partial charge in [-0.2, -0.15) is 0 Å². The molecule has 32 heavy (non-hydrogen) atoms. The van der Waals surface area contributed by atoms with Gasteiger partial charge in [0.2, 0.25) is 5.91 Å². The van der Waals surface area contributed by atoms with E-state index >= 15 is 0 Å². The van der Waals surface area contributed by atoms with Crippen molar-refractivity contribution in [2.45, 2.75) is 25.0 Å². The first-order chi connectivity index (χ1) is 15.6. The zero-order valence-electron chi connectivity index (χ0n) is 18.1. The van der Waals surface area contributed by atoms with Crippen LogP contribution in [-0.4, -0.2) is 33.5 Å². The highest BCUT2D eigenvalue weighted by Crippen LogP contribution is 2.33. The summed E-state index contributed by atoms with van der Waals surface area (Å²) in [5.41, 5.74) is 2.89. The largest absolute Gasteiger partial charge is 0.496 e. The van der Waals surface area contributed by atoms with Crippen LogP contribution in [0.15, 0.2) is 76.5 Å². The SMILES string of the molecule is COc1ccccc1-c1nnc(SCC(=O)NC(C)c2ccco2)n1-c1ccc(C)cc1. The minimum absolute atomic E-state index is 0.115. The smallest absolute Gasteiger partial charge is 0.231 e. The Morgan fingerprint density at radius 2 is 1.91 bits per heavy atom. The highest BCUT2D eigenvalue weighted by atomic mass is 32.2. The van der Waals surface area contributed by atoms with E-state index in [1.165, 1.54) is 11.8 Å². The number of carbonyl (C=O) groups excluding carboxylic acids is 1. The van der Waals surface area contributed by atoms with Crippen molar-refractivity contribution in [2.24, 2.45) is 0 Å². The molecular formula is C24H24N4O3S. The molecule has 8 heteroatoms. The Morgan fingerprint density at radius 3 is 2.62 bits per heavy atom. The summed E-state index contributed by atoms with van der Waals surface area (Å²) in [4.78, 5) is 12.5. The van der Waals surface area contributed by atoms with Crippen molar-refractivity contribution in [1.29, 1.82) is 0 Å². The van der Waals surface area contributed by atoms with Crippen LogP contribution in [0, 0.1) is 6.92 Å². The number of amides is 1. The lowest BCUT2D eigenvalue weighted by atomic mass is 10.1. The molecule has 0 aliphatic heterocycles. The van der Waals surface area contributed by atoms with Gasteiger partial charge in [-0.25, -0.2) is 0 Å². The molecule has 0 radical (unpaired) electrons. The number of benzene rings is 2. The van der Waals surface area contributed by atoms with Crippen molar-refractivity contribution in [1.82, 2.24) is 20.1 Å². The second kappa shape index (κ2) is 9.74. The number of methoxy groups -OCH3 is 1. The number of thioether (sulfide) groups is 1. The number of para-hydroxylation sites is 1. The molecule has 0 fully saturated rings. The average molecular weight is 449 g/mol. The number of aromatic nitrogens is 3. The van der Waals surface area contributed by atoms with Crippen LogP contribution >= 0.6 is 11.8 Å². The molecule has 0 bridgehead atoms. The number of ether oxygens (including phenoxy) is 1. The van der Waals surface area contributed by atoms with E-state index in [1.807, 2.05) is 73.0 Å². The molecule has 4 aromatic rings. The van der Waals surface area contributed by atoms with E-state index in [0.717, 1.165) is 16.8 Å². The summed E-state index contributed by atoms with van der Waals surface area (Å²) in [6.07, 6.45) is 1.59. The predicted molar refractivity (Wildman–Crippen MR) is 124 cm³/mol. The summed E-state index contributed by atoms with van der Waals surface area (Å²) in [5, 5.41) is 12.4. The highest BCUT2D eigenvalue weighted by Gasteiger charge is 2.20. The lowest BCUT2D eigenvalue weighted by Gasteiger charge is -2.13. The molecule has 7 nitrogen and oxygen atoms in total. The van der Waals surface area contributed by atoms with Crippen LogP contribution in [0.2, 0.25) is 0 Å². The maximum Gasteiger partial charge on any atom is 0.231 e. The first-order valence-electron chi connectivity index (χ1n) is 10.2. The monoisotopic (exact) mass is 448 g/mol. The fraction of sp³-hybridized carbons (Fsp3) is 0.208. The minimum Gasteiger partial charge on any atom is -0.496 e. The Kier molecular flexibility index (Phi) is 6.61. The van der Waals surface area contributed by atoms with Crippen molar-refractivity contribution in [3.05, 3.63) is 78.3 Å². The number of rotatable bonds is 8. The van der Waals surface area contributed by atoms with Crippen molar-refractivity contribution in [2.75, 3.05) is 12.9 Å². The zero-order valence-corrected chi connectivity index (χ0v) is 18.9. The van der Waals surface area contributed by atoms with Gasteiger partial charge in [0.05, 0.1) is 30.7 Å². The summed E-state index contributed by atoms with van der Waals surface area (Å²) in [7, 11) is 1.63. The van der Waals surface area contributed by atoms with E-state index in [0.29, 0.717) is 22.5 Å². The van der Waals surface area contributed by atoms with Gasteiger partial charge in [-0.15, -0.1) is 10.2 Å². The lowest BCUT2D eigenvalue weighted by molar-refractivity contribution is -0.119. The molecule has 0 saturated carbocycles. The molecular weight excluding hydrogens is 424 g/mol. The molecule has 0 saturated heterocycles. The van der Waals surface area contributed by atoms with Crippen LogP contribution in [-0.2, 0) is 4.79 Å². The molecule has 2 heterocycles. The normalized spacial score (nSPS) is 11.8. The summed E-state index contributed by atoms with van der Waals surface area (Å²) in [6.45, 7) is 3.92. The second-order valence-corrected chi connectivity index (χ2v) is 8.21. The highest BCUT2D eigenvalue weighted by molar-refractivity contribution is 7.99.